The van der Waals surface area contributed by atoms with Crippen LogP contribution in [0.3, 0.4) is 0 Å². The summed E-state index contributed by atoms with van der Waals surface area (Å²) in [6, 6.07) is 17.3. The lowest BCUT2D eigenvalue weighted by Gasteiger charge is -1.99. The molecule has 0 bridgehead atoms. The lowest BCUT2D eigenvalue weighted by Crippen LogP contribution is -1.97. The minimum Gasteiger partial charge on any atom is -0.258 e. The maximum Gasteiger partial charge on any atom is 0.277 e. The van der Waals surface area contributed by atoms with Crippen LogP contribution < -0.4 is 0 Å². The van der Waals surface area contributed by atoms with Gasteiger partial charge in [-0.15, -0.1) is 0 Å². The van der Waals surface area contributed by atoms with Gasteiger partial charge < -0.3 is 0 Å². The van der Waals surface area contributed by atoms with E-state index in [0.29, 0.717) is 16.7 Å². The molecule has 4 nitrogen and oxygen atoms in total. The van der Waals surface area contributed by atoms with Crippen LogP contribution in [0.15, 0.2) is 54.6 Å². The summed E-state index contributed by atoms with van der Waals surface area (Å²) < 4.78 is 0. The SMILES string of the molecule is N#Cc1ccc(C=C(c2ccccc2)[N+](=O)[O-])cc1. The zero-order chi connectivity index (χ0) is 13.7. The van der Waals surface area contributed by atoms with Crippen molar-refractivity contribution in [1.82, 2.24) is 0 Å². The van der Waals surface area contributed by atoms with Crippen molar-refractivity contribution in [2.45, 2.75) is 0 Å². The van der Waals surface area contributed by atoms with Gasteiger partial charge in [-0.1, -0.05) is 30.3 Å². The van der Waals surface area contributed by atoms with Gasteiger partial charge in [0.15, 0.2) is 0 Å². The molecule has 2 aromatic carbocycles. The summed E-state index contributed by atoms with van der Waals surface area (Å²) in [6.45, 7) is 0. The van der Waals surface area contributed by atoms with Crippen molar-refractivity contribution in [2.24, 2.45) is 0 Å². The van der Waals surface area contributed by atoms with Gasteiger partial charge in [0, 0.05) is 6.08 Å². The number of hydrogen-bond donors (Lipinski definition) is 0. The molecule has 0 spiro atoms. The fourth-order valence-electron chi connectivity index (χ4n) is 1.66. The summed E-state index contributed by atoms with van der Waals surface area (Å²) in [5.41, 5.74) is 1.80. The Bertz CT molecular complexity index is 653. The van der Waals surface area contributed by atoms with Gasteiger partial charge in [0.2, 0.25) is 0 Å². The fraction of sp³-hybridized carbons (Fsp3) is 0. The van der Waals surface area contributed by atoms with Gasteiger partial charge in [0.05, 0.1) is 22.1 Å². The summed E-state index contributed by atoms with van der Waals surface area (Å²) in [4.78, 5) is 10.7. The molecule has 2 aromatic rings. The van der Waals surface area contributed by atoms with Gasteiger partial charge in [-0.2, -0.15) is 5.26 Å². The first-order chi connectivity index (χ1) is 9.20. The lowest BCUT2D eigenvalue weighted by molar-refractivity contribution is -0.374. The Labute approximate surface area is 110 Å². The van der Waals surface area contributed by atoms with E-state index in [1.807, 2.05) is 12.1 Å². The highest BCUT2D eigenvalue weighted by atomic mass is 16.6. The third-order valence-corrected chi connectivity index (χ3v) is 2.61. The largest absolute Gasteiger partial charge is 0.277 e. The highest BCUT2D eigenvalue weighted by Crippen LogP contribution is 2.18. The van der Waals surface area contributed by atoms with E-state index < -0.39 is 4.92 Å². The topological polar surface area (TPSA) is 66.9 Å². The second-order valence-corrected chi connectivity index (χ2v) is 3.89. The van der Waals surface area contributed by atoms with Crippen molar-refractivity contribution in [3.8, 4) is 6.07 Å². The molecule has 19 heavy (non-hydrogen) atoms. The van der Waals surface area contributed by atoms with E-state index in [9.17, 15) is 10.1 Å². The number of nitriles is 1. The average molecular weight is 250 g/mol. The first kappa shape index (κ1) is 12.5. The fourth-order valence-corrected chi connectivity index (χ4v) is 1.66. The van der Waals surface area contributed by atoms with Crippen molar-refractivity contribution >= 4 is 11.8 Å². The molecule has 0 fully saturated rings. The van der Waals surface area contributed by atoms with E-state index in [-0.39, 0.29) is 5.70 Å². The Hall–Kier alpha value is -2.93. The summed E-state index contributed by atoms with van der Waals surface area (Å²) in [5, 5.41) is 19.8. The molecule has 0 saturated heterocycles. The normalized spacial score (nSPS) is 10.8. The summed E-state index contributed by atoms with van der Waals surface area (Å²) in [6.07, 6.45) is 1.50. The van der Waals surface area contributed by atoms with Crippen LogP contribution in [0.2, 0.25) is 0 Å². The van der Waals surface area contributed by atoms with Crippen molar-refractivity contribution in [3.05, 3.63) is 81.4 Å². The Morgan fingerprint density at radius 3 is 2.26 bits per heavy atom. The van der Waals surface area contributed by atoms with E-state index >= 15 is 0 Å². The van der Waals surface area contributed by atoms with E-state index in [4.69, 9.17) is 5.26 Å². The molecule has 0 saturated carbocycles. The van der Waals surface area contributed by atoms with Gasteiger partial charge in [0.1, 0.15) is 0 Å². The molecule has 0 aliphatic carbocycles. The van der Waals surface area contributed by atoms with Crippen LogP contribution in [0.25, 0.3) is 11.8 Å². The van der Waals surface area contributed by atoms with Gasteiger partial charge in [-0.05, 0) is 29.8 Å². The molecule has 0 aliphatic heterocycles. The molecular weight excluding hydrogens is 240 g/mol. The van der Waals surface area contributed by atoms with Crippen LogP contribution in [0, 0.1) is 21.4 Å². The molecule has 4 heteroatoms. The Morgan fingerprint density at radius 2 is 1.74 bits per heavy atom. The van der Waals surface area contributed by atoms with E-state index in [1.54, 1.807) is 48.5 Å². The minimum absolute atomic E-state index is 0.0327. The first-order valence-electron chi connectivity index (χ1n) is 5.62. The molecule has 0 aliphatic rings. The quantitative estimate of drug-likeness (QED) is 0.476. The maximum absolute atomic E-state index is 11.1. The number of rotatable bonds is 3. The van der Waals surface area contributed by atoms with Crippen LogP contribution in [0.5, 0.6) is 0 Å². The molecule has 0 heterocycles. The van der Waals surface area contributed by atoms with Gasteiger partial charge in [0.25, 0.3) is 5.70 Å². The predicted molar refractivity (Wildman–Crippen MR) is 72.5 cm³/mol. The van der Waals surface area contributed by atoms with Crippen molar-refractivity contribution in [3.63, 3.8) is 0 Å². The number of hydrogen-bond acceptors (Lipinski definition) is 3. The standard InChI is InChI=1S/C15H10N2O2/c16-11-13-8-6-12(7-9-13)10-15(17(18)19)14-4-2-1-3-5-14/h1-10H. The smallest absolute Gasteiger partial charge is 0.258 e. The lowest BCUT2D eigenvalue weighted by atomic mass is 10.1. The van der Waals surface area contributed by atoms with Crippen molar-refractivity contribution in [1.29, 1.82) is 5.26 Å². The summed E-state index contributed by atoms with van der Waals surface area (Å²) >= 11 is 0. The molecule has 0 amide bonds. The molecule has 92 valence electrons. The third-order valence-electron chi connectivity index (χ3n) is 2.61. The van der Waals surface area contributed by atoms with Crippen LogP contribution in [-0.4, -0.2) is 4.92 Å². The molecule has 0 aromatic heterocycles. The molecular formula is C15H10N2O2. The highest BCUT2D eigenvalue weighted by molar-refractivity contribution is 5.76. The zero-order valence-corrected chi connectivity index (χ0v) is 9.98. The van der Waals surface area contributed by atoms with Gasteiger partial charge in [-0.3, -0.25) is 10.1 Å². The van der Waals surface area contributed by atoms with Crippen LogP contribution in [0.1, 0.15) is 16.7 Å². The number of benzene rings is 2. The van der Waals surface area contributed by atoms with E-state index in [0.717, 1.165) is 0 Å². The number of nitro groups is 1. The predicted octanol–water partition coefficient (Wildman–Crippen LogP) is 3.33. The monoisotopic (exact) mass is 250 g/mol. The van der Waals surface area contributed by atoms with Gasteiger partial charge in [-0.25, -0.2) is 0 Å². The summed E-state index contributed by atoms with van der Waals surface area (Å²) in [5.74, 6) is 0. The van der Waals surface area contributed by atoms with Crippen molar-refractivity contribution in [2.75, 3.05) is 0 Å². The van der Waals surface area contributed by atoms with E-state index in [1.165, 1.54) is 6.08 Å². The van der Waals surface area contributed by atoms with Crippen LogP contribution in [-0.2, 0) is 0 Å². The third kappa shape index (κ3) is 3.05. The highest BCUT2D eigenvalue weighted by Gasteiger charge is 2.13. The molecule has 0 unspecified atom stereocenters. The molecule has 0 atom stereocenters. The average Bonchev–Trinajstić information content (AvgIpc) is 2.46. The minimum atomic E-state index is -0.409. The Morgan fingerprint density at radius 1 is 1.11 bits per heavy atom. The Balaban J connectivity index is 2.42. The molecule has 0 N–H and O–H groups in total. The second kappa shape index (κ2) is 5.61. The molecule has 2 rings (SSSR count). The van der Waals surface area contributed by atoms with E-state index in [2.05, 4.69) is 0 Å². The maximum atomic E-state index is 11.1. The van der Waals surface area contributed by atoms with Crippen LogP contribution in [0.4, 0.5) is 0 Å². The van der Waals surface area contributed by atoms with Gasteiger partial charge >= 0.3 is 0 Å². The molecule has 0 radical (unpaired) electrons. The number of nitrogens with zero attached hydrogens (tertiary/aromatic N) is 2. The first-order valence-corrected chi connectivity index (χ1v) is 5.62. The summed E-state index contributed by atoms with van der Waals surface area (Å²) in [7, 11) is 0. The van der Waals surface area contributed by atoms with Crippen molar-refractivity contribution < 1.29 is 4.92 Å². The Kier molecular flexibility index (Phi) is 3.70. The second-order valence-electron chi connectivity index (χ2n) is 3.89. The zero-order valence-electron chi connectivity index (χ0n) is 9.98. The van der Waals surface area contributed by atoms with Crippen LogP contribution >= 0.6 is 0 Å².